The molecule has 0 heterocycles. The Morgan fingerprint density at radius 2 is 0.966 bits per heavy atom. The molecule has 0 saturated carbocycles. The second kappa shape index (κ2) is 22.1. The van der Waals surface area contributed by atoms with Gasteiger partial charge in [-0.2, -0.15) is 0 Å². The van der Waals surface area contributed by atoms with Crippen LogP contribution in [-0.4, -0.2) is 29.4 Å². The molecule has 29 heavy (non-hydrogen) atoms. The van der Waals surface area contributed by atoms with Crippen molar-refractivity contribution < 1.29 is 47.6 Å². The van der Waals surface area contributed by atoms with Gasteiger partial charge in [-0.25, -0.2) is 8.42 Å². The predicted octanol–water partition coefficient (Wildman–Crippen LogP) is 3.72. The average molecular weight is 443 g/mol. The summed E-state index contributed by atoms with van der Waals surface area (Å²) >= 11 is 0. The van der Waals surface area contributed by atoms with Gasteiger partial charge in [0.2, 0.25) is 0 Å². The van der Waals surface area contributed by atoms with Gasteiger partial charge in [-0.15, -0.1) is 0 Å². The van der Waals surface area contributed by atoms with Gasteiger partial charge in [0, 0.05) is 5.25 Å². The van der Waals surface area contributed by atoms with Crippen LogP contribution in [0.25, 0.3) is 0 Å². The number of rotatable bonds is 21. The molecular weight excluding hydrogens is 395 g/mol. The first-order valence-electron chi connectivity index (χ1n) is 12.0. The van der Waals surface area contributed by atoms with Gasteiger partial charge in [0.05, 0.1) is 16.2 Å². The Kier molecular flexibility index (Phi) is 24.4. The van der Waals surface area contributed by atoms with E-state index in [-0.39, 0.29) is 35.7 Å². The third-order valence-electron chi connectivity index (χ3n) is 5.67. The third-order valence-corrected chi connectivity index (χ3v) is 6.95. The summed E-state index contributed by atoms with van der Waals surface area (Å²) in [5.74, 6) is 0. The minimum Gasteiger partial charge on any atom is -0.748 e. The molecule has 0 aliphatic carbocycles. The first-order chi connectivity index (χ1) is 13.4. The van der Waals surface area contributed by atoms with Crippen molar-refractivity contribution in [1.29, 1.82) is 0 Å². The van der Waals surface area contributed by atoms with E-state index in [1.807, 2.05) is 13.8 Å². The quantitative estimate of drug-likeness (QED) is 0.167. The van der Waals surface area contributed by atoms with Crippen LogP contribution in [0.15, 0.2) is 0 Å². The summed E-state index contributed by atoms with van der Waals surface area (Å²) in [4.78, 5) is 0. The molecule has 170 valence electrons. The monoisotopic (exact) mass is 442 g/mol. The van der Waals surface area contributed by atoms with Crippen LogP contribution in [0.3, 0.4) is 0 Å². The molecule has 2 atom stereocenters. The van der Waals surface area contributed by atoms with Crippen LogP contribution in [0.2, 0.25) is 0 Å². The Morgan fingerprint density at radius 1 is 0.655 bits per heavy atom. The topological polar surface area (TPSA) is 77.4 Å². The second-order valence-electron chi connectivity index (χ2n) is 8.63. The van der Waals surface area contributed by atoms with E-state index in [0.717, 1.165) is 38.5 Å². The minimum atomic E-state index is -4.11. The van der Waals surface area contributed by atoms with E-state index in [4.69, 9.17) is 0 Å². The predicted molar refractivity (Wildman–Crippen MR) is 119 cm³/mol. The molecule has 0 saturated heterocycles. The van der Waals surface area contributed by atoms with Crippen LogP contribution in [-0.2, 0) is 10.1 Å². The molecule has 0 aromatic rings. The molecule has 1 N–H and O–H groups in total. The molecule has 0 bridgehead atoms. The molecule has 0 amide bonds. The maximum atomic E-state index is 11.2. The van der Waals surface area contributed by atoms with E-state index in [1.54, 1.807) is 0 Å². The molecular formula is C23H47NaO4S. The zero-order valence-corrected chi connectivity index (χ0v) is 22.5. The molecule has 0 aliphatic rings. The zero-order valence-electron chi connectivity index (χ0n) is 19.7. The van der Waals surface area contributed by atoms with Crippen LogP contribution in [0.5, 0.6) is 0 Å². The summed E-state index contributed by atoms with van der Waals surface area (Å²) in [6.45, 7) is 3.80. The van der Waals surface area contributed by atoms with Crippen molar-refractivity contribution in [3.05, 3.63) is 0 Å². The molecule has 6 heteroatoms. The van der Waals surface area contributed by atoms with Gasteiger partial charge >= 0.3 is 29.6 Å². The number of aliphatic hydroxyl groups excluding tert-OH is 1. The molecule has 0 rings (SSSR count). The van der Waals surface area contributed by atoms with E-state index in [1.165, 1.54) is 70.6 Å². The first kappa shape index (κ1) is 32.1. The van der Waals surface area contributed by atoms with Crippen molar-refractivity contribution in [1.82, 2.24) is 0 Å². The van der Waals surface area contributed by atoms with Gasteiger partial charge in [-0.3, -0.25) is 0 Å². The Hall–Kier alpha value is 0.870. The van der Waals surface area contributed by atoms with Gasteiger partial charge in [-0.1, -0.05) is 110 Å². The Bertz CT molecular complexity index is 427. The molecule has 4 nitrogen and oxygen atoms in total. The van der Waals surface area contributed by atoms with Gasteiger partial charge in [0.15, 0.2) is 0 Å². The summed E-state index contributed by atoms with van der Waals surface area (Å²) in [6.07, 6.45) is 21.3. The molecule has 0 aromatic heterocycles. The Balaban J connectivity index is 0. The van der Waals surface area contributed by atoms with Crippen LogP contribution in [0.1, 0.15) is 136 Å². The van der Waals surface area contributed by atoms with Gasteiger partial charge in [-0.05, 0) is 26.2 Å². The SMILES string of the molecule is CCCC(CCCCCCCCCCCCCCCCCC(C)O)S(=O)(=O)[O-].[Na+]. The van der Waals surface area contributed by atoms with Gasteiger partial charge in [0.25, 0.3) is 0 Å². The number of hydrogen-bond acceptors (Lipinski definition) is 4. The molecule has 0 aliphatic heterocycles. The number of hydrogen-bond donors (Lipinski definition) is 1. The Labute approximate surface area is 204 Å². The van der Waals surface area contributed by atoms with E-state index in [2.05, 4.69) is 0 Å². The molecule has 0 fully saturated rings. The maximum absolute atomic E-state index is 11.2. The van der Waals surface area contributed by atoms with Crippen LogP contribution >= 0.6 is 0 Å². The van der Waals surface area contributed by atoms with E-state index in [0.29, 0.717) is 12.8 Å². The van der Waals surface area contributed by atoms with Crippen molar-refractivity contribution in [3.63, 3.8) is 0 Å². The fourth-order valence-corrected chi connectivity index (χ4v) is 4.84. The van der Waals surface area contributed by atoms with E-state index < -0.39 is 15.4 Å². The van der Waals surface area contributed by atoms with Crippen LogP contribution in [0, 0.1) is 0 Å². The summed E-state index contributed by atoms with van der Waals surface area (Å²) < 4.78 is 33.5. The van der Waals surface area contributed by atoms with Crippen molar-refractivity contribution in [3.8, 4) is 0 Å². The summed E-state index contributed by atoms with van der Waals surface area (Å²) in [6, 6.07) is 0. The fraction of sp³-hybridized carbons (Fsp3) is 1.00. The summed E-state index contributed by atoms with van der Waals surface area (Å²) in [5, 5.41) is 8.54. The Morgan fingerprint density at radius 3 is 1.24 bits per heavy atom. The van der Waals surface area contributed by atoms with Crippen molar-refractivity contribution >= 4 is 10.1 Å². The smallest absolute Gasteiger partial charge is 0.748 e. The average Bonchev–Trinajstić information content (AvgIpc) is 2.62. The standard InChI is InChI=1S/C23H48O4S.Na/c1-3-19-23(28(25,26)27)21-18-16-14-12-10-8-6-4-5-7-9-11-13-15-17-20-22(2)24;/h22-24H,3-21H2,1-2H3,(H,25,26,27);/q;+1/p-1. The molecule has 0 aromatic carbocycles. The normalized spacial score (nSPS) is 13.8. The zero-order chi connectivity index (χ0) is 21.1. The van der Waals surface area contributed by atoms with Crippen LogP contribution < -0.4 is 29.6 Å². The maximum Gasteiger partial charge on any atom is 1.00 e. The van der Waals surface area contributed by atoms with Crippen molar-refractivity contribution in [2.75, 3.05) is 0 Å². The molecule has 2 unspecified atom stereocenters. The van der Waals surface area contributed by atoms with Gasteiger partial charge in [0.1, 0.15) is 0 Å². The van der Waals surface area contributed by atoms with Crippen LogP contribution in [0.4, 0.5) is 0 Å². The number of unbranched alkanes of at least 4 members (excludes halogenated alkanes) is 14. The third kappa shape index (κ3) is 23.4. The summed E-state index contributed by atoms with van der Waals surface area (Å²) in [7, 11) is -4.11. The number of aliphatic hydroxyl groups is 1. The van der Waals surface area contributed by atoms with E-state index in [9.17, 15) is 18.1 Å². The molecule has 0 radical (unpaired) electrons. The van der Waals surface area contributed by atoms with E-state index >= 15 is 0 Å². The molecule has 0 spiro atoms. The van der Waals surface area contributed by atoms with Crippen molar-refractivity contribution in [2.45, 2.75) is 147 Å². The van der Waals surface area contributed by atoms with Crippen molar-refractivity contribution in [2.24, 2.45) is 0 Å². The first-order valence-corrected chi connectivity index (χ1v) is 13.5. The van der Waals surface area contributed by atoms with Gasteiger partial charge < -0.3 is 9.66 Å². The minimum absolute atomic E-state index is 0. The fourth-order valence-electron chi connectivity index (χ4n) is 3.86. The second-order valence-corrected chi connectivity index (χ2v) is 10.3. The largest absolute Gasteiger partial charge is 1.00 e. The summed E-state index contributed by atoms with van der Waals surface area (Å²) in [5.41, 5.74) is 0.